The van der Waals surface area contributed by atoms with Crippen LogP contribution >= 0.6 is 0 Å². The summed E-state index contributed by atoms with van der Waals surface area (Å²) in [5.74, 6) is 0.0182. The summed E-state index contributed by atoms with van der Waals surface area (Å²) in [6.07, 6.45) is 4.51. The fraction of sp³-hybridized carbons (Fsp3) is 0.167. The molecule has 0 radical (unpaired) electrons. The Labute approximate surface area is 128 Å². The molecule has 0 saturated carbocycles. The van der Waals surface area contributed by atoms with Gasteiger partial charge in [-0.3, -0.25) is 9.79 Å². The topological polar surface area (TPSA) is 49.1 Å². The number of Topliss-reactive ketones (excluding diaryl/α,β-unsaturated/α-hetero) is 1. The predicted octanol–water partition coefficient (Wildman–Crippen LogP) is 2.37. The fourth-order valence-corrected chi connectivity index (χ4v) is 3.01. The van der Waals surface area contributed by atoms with E-state index in [1.165, 1.54) is 0 Å². The zero-order valence-corrected chi connectivity index (χ0v) is 12.3. The van der Waals surface area contributed by atoms with Crippen LogP contribution < -0.4 is 4.57 Å². The Morgan fingerprint density at radius 3 is 2.86 bits per heavy atom. The first-order valence-electron chi connectivity index (χ1n) is 7.34. The van der Waals surface area contributed by atoms with Crippen LogP contribution in [0.15, 0.2) is 53.8 Å². The molecule has 1 N–H and O–H groups in total. The lowest BCUT2D eigenvalue weighted by Crippen LogP contribution is -2.38. The number of pyridine rings is 1. The summed E-state index contributed by atoms with van der Waals surface area (Å²) in [5.41, 5.74) is 3.55. The molecule has 108 valence electrons. The normalized spacial score (nSPS) is 15.7. The van der Waals surface area contributed by atoms with Crippen molar-refractivity contribution in [3.63, 3.8) is 0 Å². The van der Waals surface area contributed by atoms with E-state index in [0.717, 1.165) is 22.0 Å². The SMILES string of the molecule is C[n+]1ccc2c[nH]c3c2c1CC(=NCc1ccccc1)C3=O. The van der Waals surface area contributed by atoms with Gasteiger partial charge in [-0.25, -0.2) is 4.57 Å². The number of H-pyrrole nitrogens is 1. The van der Waals surface area contributed by atoms with Crippen LogP contribution in [0.5, 0.6) is 0 Å². The molecule has 4 nitrogen and oxygen atoms in total. The van der Waals surface area contributed by atoms with Crippen molar-refractivity contribution in [3.8, 4) is 0 Å². The second kappa shape index (κ2) is 4.91. The van der Waals surface area contributed by atoms with E-state index in [9.17, 15) is 4.79 Å². The van der Waals surface area contributed by atoms with Gasteiger partial charge in [0.15, 0.2) is 11.9 Å². The average molecular weight is 290 g/mol. The zero-order valence-electron chi connectivity index (χ0n) is 12.3. The van der Waals surface area contributed by atoms with Crippen molar-refractivity contribution >= 4 is 22.3 Å². The lowest BCUT2D eigenvalue weighted by Gasteiger charge is -2.12. The molecular weight excluding hydrogens is 274 g/mol. The van der Waals surface area contributed by atoms with Gasteiger partial charge in [0.1, 0.15) is 12.7 Å². The lowest BCUT2D eigenvalue weighted by atomic mass is 9.95. The van der Waals surface area contributed by atoms with Gasteiger partial charge in [-0.05, 0) is 5.56 Å². The second-order valence-electron chi connectivity index (χ2n) is 5.62. The minimum absolute atomic E-state index is 0.0182. The summed E-state index contributed by atoms with van der Waals surface area (Å²) >= 11 is 0. The Kier molecular flexibility index (Phi) is 2.89. The number of rotatable bonds is 2. The molecule has 0 atom stereocenters. The van der Waals surface area contributed by atoms with Gasteiger partial charge in [-0.15, -0.1) is 0 Å². The quantitative estimate of drug-likeness (QED) is 0.724. The summed E-state index contributed by atoms with van der Waals surface area (Å²) in [7, 11) is 2.01. The van der Waals surface area contributed by atoms with E-state index in [2.05, 4.69) is 14.5 Å². The Bertz CT molecular complexity index is 907. The summed E-state index contributed by atoms with van der Waals surface area (Å²) in [6, 6.07) is 12.0. The second-order valence-corrected chi connectivity index (χ2v) is 5.62. The number of aliphatic imine (C=N–C) groups is 1. The first kappa shape index (κ1) is 13.0. The largest absolute Gasteiger partial charge is 0.357 e. The molecule has 3 aromatic rings. The van der Waals surface area contributed by atoms with Gasteiger partial charge in [-0.1, -0.05) is 30.3 Å². The molecule has 1 aliphatic carbocycles. The molecule has 4 rings (SSSR count). The Morgan fingerprint density at radius 1 is 1.23 bits per heavy atom. The monoisotopic (exact) mass is 290 g/mol. The maximum absolute atomic E-state index is 12.6. The number of ketones is 1. The molecule has 2 aromatic heterocycles. The molecule has 0 spiro atoms. The van der Waals surface area contributed by atoms with Crippen molar-refractivity contribution in [1.29, 1.82) is 0 Å². The predicted molar refractivity (Wildman–Crippen MR) is 85.1 cm³/mol. The van der Waals surface area contributed by atoms with Crippen molar-refractivity contribution in [2.24, 2.45) is 12.0 Å². The smallest absolute Gasteiger partial charge is 0.224 e. The molecule has 0 unspecified atom stereocenters. The number of carbonyl (C=O) groups excluding carboxylic acids is 1. The molecule has 2 heterocycles. The van der Waals surface area contributed by atoms with E-state index < -0.39 is 0 Å². The highest BCUT2D eigenvalue weighted by Gasteiger charge is 2.31. The van der Waals surface area contributed by atoms with Gasteiger partial charge >= 0.3 is 0 Å². The van der Waals surface area contributed by atoms with Crippen LogP contribution in [0.4, 0.5) is 0 Å². The van der Waals surface area contributed by atoms with Crippen molar-refractivity contribution < 1.29 is 9.36 Å². The minimum atomic E-state index is 0.0182. The summed E-state index contributed by atoms with van der Waals surface area (Å²) < 4.78 is 2.07. The van der Waals surface area contributed by atoms with E-state index in [-0.39, 0.29) is 5.78 Å². The number of benzene rings is 1. The van der Waals surface area contributed by atoms with Crippen molar-refractivity contribution in [1.82, 2.24) is 4.98 Å². The third-order valence-electron chi connectivity index (χ3n) is 4.22. The molecule has 1 aromatic carbocycles. The van der Waals surface area contributed by atoms with Gasteiger partial charge in [0.25, 0.3) is 0 Å². The number of aromatic amines is 1. The molecule has 4 heteroatoms. The van der Waals surface area contributed by atoms with Crippen molar-refractivity contribution in [2.75, 3.05) is 0 Å². The number of aryl methyl sites for hydroxylation is 1. The highest BCUT2D eigenvalue weighted by atomic mass is 16.1. The maximum Gasteiger partial charge on any atom is 0.224 e. The van der Waals surface area contributed by atoms with E-state index in [1.54, 1.807) is 0 Å². The van der Waals surface area contributed by atoms with Crippen LogP contribution in [0, 0.1) is 0 Å². The van der Waals surface area contributed by atoms with Gasteiger partial charge in [0.05, 0.1) is 24.1 Å². The Morgan fingerprint density at radius 2 is 2.05 bits per heavy atom. The van der Waals surface area contributed by atoms with Crippen LogP contribution in [-0.2, 0) is 20.0 Å². The zero-order chi connectivity index (χ0) is 15.1. The number of hydrogen-bond acceptors (Lipinski definition) is 2. The van der Waals surface area contributed by atoms with Gasteiger partial charge in [-0.2, -0.15) is 0 Å². The number of nitrogens with zero attached hydrogens (tertiary/aromatic N) is 2. The van der Waals surface area contributed by atoms with Crippen LogP contribution in [0.2, 0.25) is 0 Å². The van der Waals surface area contributed by atoms with Crippen LogP contribution in [0.25, 0.3) is 10.8 Å². The van der Waals surface area contributed by atoms with E-state index in [4.69, 9.17) is 0 Å². The first-order valence-corrected chi connectivity index (χ1v) is 7.34. The first-order chi connectivity index (χ1) is 10.7. The highest BCUT2D eigenvalue weighted by molar-refractivity contribution is 6.49. The molecule has 1 aliphatic rings. The fourth-order valence-electron chi connectivity index (χ4n) is 3.01. The molecule has 0 amide bonds. The van der Waals surface area contributed by atoms with Crippen LogP contribution in [0.3, 0.4) is 0 Å². The van der Waals surface area contributed by atoms with Gasteiger partial charge in [0, 0.05) is 17.6 Å². The van der Waals surface area contributed by atoms with Crippen molar-refractivity contribution in [2.45, 2.75) is 13.0 Å². The number of hydrogen-bond donors (Lipinski definition) is 1. The molecule has 22 heavy (non-hydrogen) atoms. The van der Waals surface area contributed by atoms with E-state index in [0.29, 0.717) is 24.4 Å². The Balaban J connectivity index is 1.76. The number of nitrogens with one attached hydrogen (secondary N) is 1. The molecule has 0 fully saturated rings. The number of aromatic nitrogens is 2. The average Bonchev–Trinajstić information content (AvgIpc) is 2.98. The molecule has 0 saturated heterocycles. The van der Waals surface area contributed by atoms with Gasteiger partial charge < -0.3 is 4.98 Å². The molecule has 0 aliphatic heterocycles. The standard InChI is InChI=1S/C18H15N3O/c1-21-8-7-13-11-20-17-16(13)15(21)9-14(18(17)22)19-10-12-5-3-2-4-6-12/h2-8,11H,9-10H2,1H3/p+1. The third kappa shape index (κ3) is 1.96. The molecular formula is C18H16N3O+. The van der Waals surface area contributed by atoms with Gasteiger partial charge in [0.2, 0.25) is 5.78 Å². The third-order valence-corrected chi connectivity index (χ3v) is 4.22. The maximum atomic E-state index is 12.6. The summed E-state index contributed by atoms with van der Waals surface area (Å²) in [5, 5.41) is 2.12. The molecule has 0 bridgehead atoms. The van der Waals surface area contributed by atoms with E-state index in [1.807, 2.05) is 55.8 Å². The Hall–Kier alpha value is -2.75. The lowest BCUT2D eigenvalue weighted by molar-refractivity contribution is -0.677. The minimum Gasteiger partial charge on any atom is -0.357 e. The number of carbonyl (C=O) groups is 1. The van der Waals surface area contributed by atoms with E-state index >= 15 is 0 Å². The van der Waals surface area contributed by atoms with Crippen LogP contribution in [-0.4, -0.2) is 16.5 Å². The summed E-state index contributed by atoms with van der Waals surface area (Å²) in [4.78, 5) is 20.3. The highest BCUT2D eigenvalue weighted by Crippen LogP contribution is 2.26. The van der Waals surface area contributed by atoms with Crippen molar-refractivity contribution in [3.05, 3.63) is 65.7 Å². The summed E-state index contributed by atoms with van der Waals surface area (Å²) in [6.45, 7) is 0.539. The van der Waals surface area contributed by atoms with Crippen LogP contribution in [0.1, 0.15) is 21.7 Å².